The van der Waals surface area contributed by atoms with E-state index >= 15 is 0 Å². The predicted molar refractivity (Wildman–Crippen MR) is 74.6 cm³/mol. The fourth-order valence-electron chi connectivity index (χ4n) is 2.66. The van der Waals surface area contributed by atoms with Crippen LogP contribution in [0.25, 0.3) is 0 Å². The van der Waals surface area contributed by atoms with Crippen LogP contribution >= 0.6 is 11.3 Å². The van der Waals surface area contributed by atoms with E-state index in [4.69, 9.17) is 4.98 Å². The highest BCUT2D eigenvalue weighted by molar-refractivity contribution is 7.09. The molecule has 1 heterocycles. The number of nitrogens with zero attached hydrogens (tertiary/aromatic N) is 1. The Kier molecular flexibility index (Phi) is 3.88. The van der Waals surface area contributed by atoms with Crippen molar-refractivity contribution in [3.63, 3.8) is 0 Å². The normalized spacial score (nSPS) is 28.4. The predicted octanol–water partition coefficient (Wildman–Crippen LogP) is 3.89. The minimum absolute atomic E-state index is 0.202. The molecule has 1 aliphatic carbocycles. The molecule has 0 atom stereocenters. The summed E-state index contributed by atoms with van der Waals surface area (Å²) in [5.41, 5.74) is 1.45. The van der Waals surface area contributed by atoms with Crippen LogP contribution < -0.4 is 5.32 Å². The lowest BCUT2D eigenvalue weighted by atomic mass is 9.69. The van der Waals surface area contributed by atoms with Crippen LogP contribution in [0.1, 0.15) is 63.6 Å². The van der Waals surface area contributed by atoms with Gasteiger partial charge in [0.15, 0.2) is 0 Å². The van der Waals surface area contributed by atoms with Gasteiger partial charge in [-0.25, -0.2) is 4.98 Å². The Morgan fingerprint density at radius 3 is 2.71 bits per heavy atom. The lowest BCUT2D eigenvalue weighted by Crippen LogP contribution is -2.52. The van der Waals surface area contributed by atoms with Gasteiger partial charge in [-0.15, -0.1) is 11.3 Å². The van der Waals surface area contributed by atoms with Crippen LogP contribution in [0.2, 0.25) is 0 Å². The van der Waals surface area contributed by atoms with Crippen LogP contribution in [0.3, 0.4) is 0 Å². The van der Waals surface area contributed by atoms with E-state index < -0.39 is 0 Å². The number of hydrogen-bond acceptors (Lipinski definition) is 3. The molecule has 1 aromatic heterocycles. The van der Waals surface area contributed by atoms with Gasteiger partial charge in [0.1, 0.15) is 5.01 Å². The van der Waals surface area contributed by atoms with E-state index in [9.17, 15) is 0 Å². The maximum atomic E-state index is 4.85. The molecule has 1 fully saturated rings. The molecule has 2 nitrogen and oxygen atoms in total. The summed E-state index contributed by atoms with van der Waals surface area (Å²) in [4.78, 5) is 4.85. The molecule has 0 amide bonds. The molecule has 0 spiro atoms. The van der Waals surface area contributed by atoms with Crippen molar-refractivity contribution in [1.82, 2.24) is 10.3 Å². The van der Waals surface area contributed by atoms with Crippen LogP contribution in [0.4, 0.5) is 0 Å². The SMILES string of the molecule is CCCNC1(c2nc(C(C)C)cs2)CC(C)C1. The summed E-state index contributed by atoms with van der Waals surface area (Å²) in [5.74, 6) is 1.38. The minimum Gasteiger partial charge on any atom is -0.305 e. The van der Waals surface area contributed by atoms with Gasteiger partial charge >= 0.3 is 0 Å². The first-order valence-corrected chi connectivity index (χ1v) is 7.66. The molecule has 3 heteroatoms. The van der Waals surface area contributed by atoms with Crippen LogP contribution in [0, 0.1) is 5.92 Å². The van der Waals surface area contributed by atoms with E-state index in [-0.39, 0.29) is 5.54 Å². The molecule has 0 unspecified atom stereocenters. The Balaban J connectivity index is 2.15. The van der Waals surface area contributed by atoms with E-state index in [1.165, 1.54) is 30.0 Å². The molecule has 1 saturated carbocycles. The fraction of sp³-hybridized carbons (Fsp3) is 0.786. The molecule has 17 heavy (non-hydrogen) atoms. The molecule has 1 aliphatic rings. The van der Waals surface area contributed by atoms with Crippen molar-refractivity contribution in [3.05, 3.63) is 16.1 Å². The fourth-order valence-corrected chi connectivity index (χ4v) is 3.84. The Bertz CT molecular complexity index is 364. The summed E-state index contributed by atoms with van der Waals surface area (Å²) in [5, 5.41) is 7.28. The van der Waals surface area contributed by atoms with Crippen molar-refractivity contribution in [2.75, 3.05) is 6.54 Å². The zero-order chi connectivity index (χ0) is 12.5. The van der Waals surface area contributed by atoms with Gasteiger partial charge in [0.2, 0.25) is 0 Å². The largest absolute Gasteiger partial charge is 0.305 e. The first kappa shape index (κ1) is 13.0. The zero-order valence-corrected chi connectivity index (χ0v) is 12.2. The maximum Gasteiger partial charge on any atom is 0.113 e. The Labute approximate surface area is 109 Å². The third-order valence-electron chi connectivity index (χ3n) is 3.63. The highest BCUT2D eigenvalue weighted by atomic mass is 32.1. The van der Waals surface area contributed by atoms with Gasteiger partial charge in [0.05, 0.1) is 11.2 Å². The smallest absolute Gasteiger partial charge is 0.113 e. The third-order valence-corrected chi connectivity index (χ3v) is 4.69. The van der Waals surface area contributed by atoms with Crippen molar-refractivity contribution in [1.29, 1.82) is 0 Å². The Hall–Kier alpha value is -0.410. The first-order chi connectivity index (χ1) is 8.07. The molecule has 0 saturated heterocycles. The van der Waals surface area contributed by atoms with Gasteiger partial charge in [0, 0.05) is 5.38 Å². The van der Waals surface area contributed by atoms with Gasteiger partial charge in [-0.1, -0.05) is 27.7 Å². The van der Waals surface area contributed by atoms with Gasteiger partial charge in [-0.3, -0.25) is 0 Å². The van der Waals surface area contributed by atoms with Gasteiger partial charge in [-0.05, 0) is 37.6 Å². The molecule has 2 rings (SSSR count). The van der Waals surface area contributed by atoms with E-state index in [0.717, 1.165) is 12.5 Å². The number of rotatable bonds is 5. The lowest BCUT2D eigenvalue weighted by molar-refractivity contribution is 0.114. The van der Waals surface area contributed by atoms with E-state index in [2.05, 4.69) is 38.4 Å². The standard InChI is InChI=1S/C14H24N2S/c1-5-6-15-14(7-11(4)8-14)13-16-12(9-17-13)10(2)3/h9-11,15H,5-8H2,1-4H3. The first-order valence-electron chi connectivity index (χ1n) is 6.78. The van der Waals surface area contributed by atoms with Crippen molar-refractivity contribution in [2.45, 2.75) is 58.4 Å². The summed E-state index contributed by atoms with van der Waals surface area (Å²) in [6.45, 7) is 10.1. The number of aromatic nitrogens is 1. The van der Waals surface area contributed by atoms with Crippen molar-refractivity contribution < 1.29 is 0 Å². The van der Waals surface area contributed by atoms with E-state index in [1.54, 1.807) is 0 Å². The topological polar surface area (TPSA) is 24.9 Å². The van der Waals surface area contributed by atoms with Gasteiger partial charge in [-0.2, -0.15) is 0 Å². The second kappa shape index (κ2) is 5.07. The van der Waals surface area contributed by atoms with Crippen LogP contribution in [-0.4, -0.2) is 11.5 Å². The summed E-state index contributed by atoms with van der Waals surface area (Å²) in [6, 6.07) is 0. The molecule has 0 aromatic carbocycles. The van der Waals surface area contributed by atoms with Gasteiger partial charge in [0.25, 0.3) is 0 Å². The number of thiazole rings is 1. The Morgan fingerprint density at radius 1 is 1.53 bits per heavy atom. The summed E-state index contributed by atoms with van der Waals surface area (Å²) in [6.07, 6.45) is 3.69. The highest BCUT2D eigenvalue weighted by Crippen LogP contribution is 2.46. The second-order valence-electron chi connectivity index (χ2n) is 5.75. The molecule has 0 aliphatic heterocycles. The monoisotopic (exact) mass is 252 g/mol. The van der Waals surface area contributed by atoms with Crippen molar-refractivity contribution in [2.24, 2.45) is 5.92 Å². The van der Waals surface area contributed by atoms with E-state index in [0.29, 0.717) is 5.92 Å². The van der Waals surface area contributed by atoms with Crippen LogP contribution in [0.5, 0.6) is 0 Å². The number of hydrogen-bond donors (Lipinski definition) is 1. The highest BCUT2D eigenvalue weighted by Gasteiger charge is 2.45. The third kappa shape index (κ3) is 2.55. The summed E-state index contributed by atoms with van der Waals surface area (Å²) >= 11 is 1.84. The van der Waals surface area contributed by atoms with Gasteiger partial charge < -0.3 is 5.32 Å². The van der Waals surface area contributed by atoms with E-state index in [1.807, 2.05) is 11.3 Å². The molecule has 96 valence electrons. The second-order valence-corrected chi connectivity index (χ2v) is 6.61. The molecule has 0 bridgehead atoms. The molecule has 0 radical (unpaired) electrons. The quantitative estimate of drug-likeness (QED) is 0.860. The van der Waals surface area contributed by atoms with Crippen molar-refractivity contribution >= 4 is 11.3 Å². The zero-order valence-electron chi connectivity index (χ0n) is 11.4. The molecule has 1 aromatic rings. The molecule has 1 N–H and O–H groups in total. The summed E-state index contributed by atoms with van der Waals surface area (Å²) in [7, 11) is 0. The molecular weight excluding hydrogens is 228 g/mol. The maximum absolute atomic E-state index is 4.85. The Morgan fingerprint density at radius 2 is 2.24 bits per heavy atom. The lowest BCUT2D eigenvalue weighted by Gasteiger charge is -2.46. The van der Waals surface area contributed by atoms with Crippen LogP contribution in [0.15, 0.2) is 5.38 Å². The average molecular weight is 252 g/mol. The molecular formula is C14H24N2S. The van der Waals surface area contributed by atoms with Crippen LogP contribution in [-0.2, 0) is 5.54 Å². The summed E-state index contributed by atoms with van der Waals surface area (Å²) < 4.78 is 0. The minimum atomic E-state index is 0.202. The average Bonchev–Trinajstić information content (AvgIpc) is 2.72. The van der Waals surface area contributed by atoms with Crippen molar-refractivity contribution in [3.8, 4) is 0 Å². The number of nitrogens with one attached hydrogen (secondary N) is 1.